The third-order valence-corrected chi connectivity index (χ3v) is 3.30. The number of fused-ring (bicyclic) bond motifs is 1. The zero-order chi connectivity index (χ0) is 10.3. The van der Waals surface area contributed by atoms with Gasteiger partial charge >= 0.3 is 0 Å². The first kappa shape index (κ1) is 8.85. The van der Waals surface area contributed by atoms with Crippen LogP contribution < -0.4 is 5.32 Å². The fraction of sp³-hybridized carbons (Fsp3) is 0.273. The molecule has 0 spiro atoms. The summed E-state index contributed by atoms with van der Waals surface area (Å²) in [4.78, 5) is 15.9. The monoisotopic (exact) mass is 218 g/mol. The van der Waals surface area contributed by atoms with E-state index < -0.39 is 0 Å². The van der Waals surface area contributed by atoms with Gasteiger partial charge in [-0.15, -0.1) is 11.3 Å². The second-order valence-corrected chi connectivity index (χ2v) is 4.67. The molecule has 1 heterocycles. The zero-order valence-electron chi connectivity index (χ0n) is 8.06. The lowest BCUT2D eigenvalue weighted by Crippen LogP contribution is -2.25. The first-order valence-electron chi connectivity index (χ1n) is 4.97. The number of thiazole rings is 1. The van der Waals surface area contributed by atoms with Crippen molar-refractivity contribution < 1.29 is 4.79 Å². The Kier molecular flexibility index (Phi) is 1.95. The van der Waals surface area contributed by atoms with E-state index in [4.69, 9.17) is 0 Å². The summed E-state index contributed by atoms with van der Waals surface area (Å²) in [6, 6.07) is 6.05. The number of carbonyl (C=O) groups excluding carboxylic acids is 1. The van der Waals surface area contributed by atoms with Crippen molar-refractivity contribution in [2.24, 2.45) is 0 Å². The van der Waals surface area contributed by atoms with Gasteiger partial charge < -0.3 is 5.32 Å². The summed E-state index contributed by atoms with van der Waals surface area (Å²) < 4.78 is 1.07. The Morgan fingerprint density at radius 2 is 2.33 bits per heavy atom. The molecule has 0 radical (unpaired) electrons. The van der Waals surface area contributed by atoms with Gasteiger partial charge in [-0.05, 0) is 31.0 Å². The van der Waals surface area contributed by atoms with Gasteiger partial charge in [0.05, 0.1) is 15.7 Å². The topological polar surface area (TPSA) is 42.0 Å². The average Bonchev–Trinajstić information content (AvgIpc) is 2.94. The van der Waals surface area contributed by atoms with Gasteiger partial charge in [0.2, 0.25) is 0 Å². The highest BCUT2D eigenvalue weighted by atomic mass is 32.1. The Morgan fingerprint density at radius 3 is 3.13 bits per heavy atom. The van der Waals surface area contributed by atoms with E-state index in [1.54, 1.807) is 16.8 Å². The van der Waals surface area contributed by atoms with Crippen LogP contribution in [0.25, 0.3) is 10.2 Å². The first-order chi connectivity index (χ1) is 7.33. The van der Waals surface area contributed by atoms with Crippen LogP contribution in [-0.2, 0) is 0 Å². The van der Waals surface area contributed by atoms with Crippen LogP contribution in [0.15, 0.2) is 23.7 Å². The highest BCUT2D eigenvalue weighted by molar-refractivity contribution is 7.16. The zero-order valence-corrected chi connectivity index (χ0v) is 8.88. The number of rotatable bonds is 2. The normalized spacial score (nSPS) is 15.5. The predicted octanol–water partition coefficient (Wildman–Crippen LogP) is 2.19. The van der Waals surface area contributed by atoms with Crippen LogP contribution >= 0.6 is 11.3 Å². The minimum absolute atomic E-state index is 0.0350. The lowest BCUT2D eigenvalue weighted by molar-refractivity contribution is 0.0951. The highest BCUT2D eigenvalue weighted by Gasteiger charge is 2.23. The van der Waals surface area contributed by atoms with E-state index in [0.29, 0.717) is 6.04 Å². The Balaban J connectivity index is 1.91. The molecule has 0 saturated heterocycles. The van der Waals surface area contributed by atoms with Gasteiger partial charge in [0, 0.05) is 11.6 Å². The Morgan fingerprint density at radius 1 is 1.47 bits per heavy atom. The van der Waals surface area contributed by atoms with Crippen molar-refractivity contribution in [1.29, 1.82) is 0 Å². The highest BCUT2D eigenvalue weighted by Crippen LogP contribution is 2.21. The quantitative estimate of drug-likeness (QED) is 0.839. The van der Waals surface area contributed by atoms with E-state index >= 15 is 0 Å². The summed E-state index contributed by atoms with van der Waals surface area (Å²) in [6.07, 6.45) is 2.24. The van der Waals surface area contributed by atoms with Gasteiger partial charge in [-0.2, -0.15) is 0 Å². The van der Waals surface area contributed by atoms with E-state index in [9.17, 15) is 4.79 Å². The van der Waals surface area contributed by atoms with Crippen LogP contribution in [0.3, 0.4) is 0 Å². The molecule has 1 N–H and O–H groups in total. The summed E-state index contributed by atoms with van der Waals surface area (Å²) in [7, 11) is 0. The number of benzene rings is 1. The molecule has 76 valence electrons. The van der Waals surface area contributed by atoms with Crippen molar-refractivity contribution in [3.8, 4) is 0 Å². The summed E-state index contributed by atoms with van der Waals surface area (Å²) in [5.74, 6) is 0.0350. The molecule has 1 fully saturated rings. The second kappa shape index (κ2) is 3.31. The molecular formula is C11H10N2OS. The molecule has 3 nitrogen and oxygen atoms in total. The molecule has 0 atom stereocenters. The maximum Gasteiger partial charge on any atom is 0.251 e. The van der Waals surface area contributed by atoms with Crippen LogP contribution in [0, 0.1) is 0 Å². The van der Waals surface area contributed by atoms with Crippen LogP contribution in [-0.4, -0.2) is 16.9 Å². The molecule has 1 amide bonds. The standard InChI is InChI=1S/C11H10N2OS/c14-11(13-8-2-3-8)7-1-4-9-10(5-7)15-6-12-9/h1,4-6,8H,2-3H2,(H,13,14). The van der Waals surface area contributed by atoms with Crippen LogP contribution in [0.5, 0.6) is 0 Å². The smallest absolute Gasteiger partial charge is 0.251 e. The molecule has 4 heteroatoms. The number of amides is 1. The predicted molar refractivity (Wildman–Crippen MR) is 60.1 cm³/mol. The Bertz CT molecular complexity index is 516. The molecule has 0 aliphatic heterocycles. The minimum Gasteiger partial charge on any atom is -0.349 e. The van der Waals surface area contributed by atoms with Crippen molar-refractivity contribution in [2.75, 3.05) is 0 Å². The maximum absolute atomic E-state index is 11.7. The lowest BCUT2D eigenvalue weighted by atomic mass is 10.2. The van der Waals surface area contributed by atoms with Crippen LogP contribution in [0.1, 0.15) is 23.2 Å². The van der Waals surface area contributed by atoms with Crippen molar-refractivity contribution >= 4 is 27.5 Å². The first-order valence-corrected chi connectivity index (χ1v) is 5.85. The molecule has 1 aliphatic rings. The van der Waals surface area contributed by atoms with Gasteiger partial charge in [0.25, 0.3) is 5.91 Å². The average molecular weight is 218 g/mol. The van der Waals surface area contributed by atoms with Crippen LogP contribution in [0.4, 0.5) is 0 Å². The summed E-state index contributed by atoms with van der Waals surface area (Å²) in [5.41, 5.74) is 3.49. The van der Waals surface area contributed by atoms with Crippen molar-refractivity contribution in [1.82, 2.24) is 10.3 Å². The summed E-state index contributed by atoms with van der Waals surface area (Å²) in [5, 5.41) is 2.97. The molecular weight excluding hydrogens is 208 g/mol. The molecule has 0 unspecified atom stereocenters. The largest absolute Gasteiger partial charge is 0.349 e. The molecule has 3 rings (SSSR count). The van der Waals surface area contributed by atoms with Gasteiger partial charge in [-0.25, -0.2) is 4.98 Å². The third kappa shape index (κ3) is 1.72. The van der Waals surface area contributed by atoms with E-state index in [1.807, 2.05) is 18.2 Å². The van der Waals surface area contributed by atoms with Gasteiger partial charge in [0.15, 0.2) is 0 Å². The second-order valence-electron chi connectivity index (χ2n) is 3.78. The molecule has 15 heavy (non-hydrogen) atoms. The van der Waals surface area contributed by atoms with Gasteiger partial charge in [-0.3, -0.25) is 4.79 Å². The van der Waals surface area contributed by atoms with E-state index in [2.05, 4.69) is 10.3 Å². The molecule has 1 saturated carbocycles. The van der Waals surface area contributed by atoms with E-state index in [1.165, 1.54) is 0 Å². The molecule has 0 bridgehead atoms. The van der Waals surface area contributed by atoms with Crippen molar-refractivity contribution in [3.05, 3.63) is 29.3 Å². The number of hydrogen-bond acceptors (Lipinski definition) is 3. The fourth-order valence-corrected chi connectivity index (χ4v) is 2.21. The maximum atomic E-state index is 11.7. The number of hydrogen-bond donors (Lipinski definition) is 1. The summed E-state index contributed by atoms with van der Waals surface area (Å²) in [6.45, 7) is 0. The van der Waals surface area contributed by atoms with Crippen molar-refractivity contribution in [2.45, 2.75) is 18.9 Å². The van der Waals surface area contributed by atoms with Gasteiger partial charge in [0.1, 0.15) is 0 Å². The van der Waals surface area contributed by atoms with Crippen molar-refractivity contribution in [3.63, 3.8) is 0 Å². The number of aromatic nitrogens is 1. The number of nitrogens with zero attached hydrogens (tertiary/aromatic N) is 1. The van der Waals surface area contributed by atoms with Crippen LogP contribution in [0.2, 0.25) is 0 Å². The minimum atomic E-state index is 0.0350. The lowest BCUT2D eigenvalue weighted by Gasteiger charge is -2.02. The molecule has 2 aromatic rings. The summed E-state index contributed by atoms with van der Waals surface area (Å²) >= 11 is 1.56. The number of carbonyl (C=O) groups is 1. The molecule has 1 aliphatic carbocycles. The molecule has 1 aromatic heterocycles. The third-order valence-electron chi connectivity index (χ3n) is 2.51. The van der Waals surface area contributed by atoms with E-state index in [0.717, 1.165) is 28.6 Å². The number of nitrogens with one attached hydrogen (secondary N) is 1. The Hall–Kier alpha value is -1.42. The van der Waals surface area contributed by atoms with E-state index in [-0.39, 0.29) is 5.91 Å². The van der Waals surface area contributed by atoms with Gasteiger partial charge in [-0.1, -0.05) is 0 Å². The fourth-order valence-electron chi connectivity index (χ4n) is 1.49. The Labute approximate surface area is 91.1 Å². The SMILES string of the molecule is O=C(NC1CC1)c1ccc2ncsc2c1. The molecule has 1 aromatic carbocycles.